The number of hydrogen-bond donors (Lipinski definition) is 4. The third-order valence-corrected chi connectivity index (χ3v) is 6.58. The molecule has 0 aliphatic carbocycles. The third kappa shape index (κ3) is 3.94. The molecule has 0 amide bonds. The molecule has 2 aromatic rings. The Morgan fingerprint density at radius 1 is 1.23 bits per heavy atom. The molecule has 3 saturated heterocycles. The summed E-state index contributed by atoms with van der Waals surface area (Å²) in [6.45, 7) is 6.23. The van der Waals surface area contributed by atoms with Crippen LogP contribution in [0.15, 0.2) is 30.6 Å². The minimum absolute atomic E-state index is 0.132. The minimum Gasteiger partial charge on any atom is -0.352 e. The fraction of sp³-hybridized carbons (Fsp3) is 0.619. The molecule has 162 valence electrons. The van der Waals surface area contributed by atoms with E-state index in [1.54, 1.807) is 0 Å². The van der Waals surface area contributed by atoms with E-state index in [-0.39, 0.29) is 6.04 Å². The molecule has 0 saturated carbocycles. The summed E-state index contributed by atoms with van der Waals surface area (Å²) in [5, 5.41) is 11.2. The number of halogens is 1. The Kier molecular flexibility index (Phi) is 5.68. The molecule has 5 unspecified atom stereocenters. The number of hydrogen-bond acceptors (Lipinski definition) is 7. The summed E-state index contributed by atoms with van der Waals surface area (Å²) in [4.78, 5) is 7.01. The van der Waals surface area contributed by atoms with Crippen molar-refractivity contribution in [2.45, 2.75) is 44.2 Å². The number of rotatable bonds is 4. The van der Waals surface area contributed by atoms with E-state index < -0.39 is 6.17 Å². The summed E-state index contributed by atoms with van der Waals surface area (Å²) in [6, 6.07) is 6.90. The summed E-state index contributed by atoms with van der Waals surface area (Å²) >= 11 is 0. The molecule has 5 heterocycles. The lowest BCUT2D eigenvalue weighted by Crippen LogP contribution is -2.46. The number of hydrazine groups is 1. The molecule has 4 N–H and O–H groups in total. The Bertz CT molecular complexity index is 857. The van der Waals surface area contributed by atoms with Crippen LogP contribution in [0.1, 0.15) is 36.7 Å². The smallest absolute Gasteiger partial charge is 0.130 e. The molecule has 9 heteroatoms. The van der Waals surface area contributed by atoms with Crippen molar-refractivity contribution >= 4 is 5.82 Å². The van der Waals surface area contributed by atoms with Crippen LogP contribution in [0, 0.1) is 5.92 Å². The van der Waals surface area contributed by atoms with Crippen molar-refractivity contribution in [2.24, 2.45) is 5.92 Å². The summed E-state index contributed by atoms with van der Waals surface area (Å²) in [5.74, 6) is 1.28. The lowest BCUT2D eigenvalue weighted by atomic mass is 9.82. The third-order valence-electron chi connectivity index (χ3n) is 6.58. The van der Waals surface area contributed by atoms with Crippen molar-refractivity contribution in [3.05, 3.63) is 41.9 Å². The first-order valence-corrected chi connectivity index (χ1v) is 11.0. The number of alkyl halides is 1. The van der Waals surface area contributed by atoms with E-state index >= 15 is 0 Å². The molecular formula is C21H31FN8. The molecule has 3 fully saturated rings. The molecule has 5 rings (SSSR count). The SMILES string of the molecule is CCn1cc(C2CC3C(CN2)NNC3c2cccc(N3CCNCC(F)C3)n2)cn1. The number of fused-ring (bicyclic) bond motifs is 1. The second-order valence-corrected chi connectivity index (χ2v) is 8.53. The standard InChI is InChI=1S/C21H31FN8/c1-2-30-12-14(9-25-30)18-8-16-19(11-24-18)27-28-21(16)17-4-3-5-20(26-17)29-7-6-23-10-15(22)13-29/h3-5,9,12,15-16,18-19,21,23-24,27-28H,2,6-8,10-11,13H2,1H3. The van der Waals surface area contributed by atoms with Gasteiger partial charge in [0, 0.05) is 62.5 Å². The maximum Gasteiger partial charge on any atom is 0.130 e. The topological polar surface area (TPSA) is 82.1 Å². The average Bonchev–Trinajstić information content (AvgIpc) is 3.37. The van der Waals surface area contributed by atoms with E-state index in [9.17, 15) is 4.39 Å². The van der Waals surface area contributed by atoms with Crippen LogP contribution < -0.4 is 26.4 Å². The van der Waals surface area contributed by atoms with Gasteiger partial charge in [0.25, 0.3) is 0 Å². The lowest BCUT2D eigenvalue weighted by Gasteiger charge is -2.34. The fourth-order valence-electron chi connectivity index (χ4n) is 4.91. The maximum absolute atomic E-state index is 14.1. The molecule has 3 aliphatic rings. The Morgan fingerprint density at radius 3 is 3.03 bits per heavy atom. The second-order valence-electron chi connectivity index (χ2n) is 8.53. The van der Waals surface area contributed by atoms with Crippen LogP contribution in [-0.4, -0.2) is 59.7 Å². The van der Waals surface area contributed by atoms with E-state index in [0.717, 1.165) is 44.1 Å². The number of piperidine rings is 1. The first kappa shape index (κ1) is 19.9. The molecule has 0 spiro atoms. The van der Waals surface area contributed by atoms with E-state index in [1.165, 1.54) is 5.56 Å². The predicted octanol–water partition coefficient (Wildman–Crippen LogP) is 0.914. The van der Waals surface area contributed by atoms with Gasteiger partial charge in [-0.15, -0.1) is 0 Å². The van der Waals surface area contributed by atoms with Crippen LogP contribution in [-0.2, 0) is 6.54 Å². The van der Waals surface area contributed by atoms with Gasteiger partial charge < -0.3 is 15.5 Å². The Labute approximate surface area is 176 Å². The van der Waals surface area contributed by atoms with Gasteiger partial charge in [0.2, 0.25) is 0 Å². The van der Waals surface area contributed by atoms with Crippen LogP contribution in [0.4, 0.5) is 10.2 Å². The van der Waals surface area contributed by atoms with Crippen molar-refractivity contribution in [1.82, 2.24) is 36.2 Å². The normalized spacial score (nSPS) is 32.1. The second kappa shape index (κ2) is 8.58. The summed E-state index contributed by atoms with van der Waals surface area (Å²) in [5.41, 5.74) is 9.19. The number of nitrogens with one attached hydrogen (secondary N) is 4. The van der Waals surface area contributed by atoms with Gasteiger partial charge in [-0.05, 0) is 25.5 Å². The van der Waals surface area contributed by atoms with Crippen LogP contribution in [0.2, 0.25) is 0 Å². The first-order chi connectivity index (χ1) is 14.7. The Balaban J connectivity index is 1.34. The van der Waals surface area contributed by atoms with Crippen molar-refractivity contribution in [1.29, 1.82) is 0 Å². The van der Waals surface area contributed by atoms with Crippen LogP contribution >= 0.6 is 0 Å². The van der Waals surface area contributed by atoms with Crippen LogP contribution in [0.3, 0.4) is 0 Å². The van der Waals surface area contributed by atoms with E-state index in [2.05, 4.69) is 50.7 Å². The molecule has 8 nitrogen and oxygen atoms in total. The zero-order valence-corrected chi connectivity index (χ0v) is 17.4. The number of anilines is 1. The van der Waals surface area contributed by atoms with E-state index in [1.807, 2.05) is 23.0 Å². The monoisotopic (exact) mass is 414 g/mol. The Hall–Kier alpha value is -2.07. The summed E-state index contributed by atoms with van der Waals surface area (Å²) in [7, 11) is 0. The van der Waals surface area contributed by atoms with Gasteiger partial charge in [-0.2, -0.15) is 5.10 Å². The summed E-state index contributed by atoms with van der Waals surface area (Å²) < 4.78 is 16.0. The Morgan fingerprint density at radius 2 is 2.17 bits per heavy atom. The van der Waals surface area contributed by atoms with Crippen LogP contribution in [0.25, 0.3) is 0 Å². The van der Waals surface area contributed by atoms with Gasteiger partial charge in [0.15, 0.2) is 0 Å². The first-order valence-electron chi connectivity index (χ1n) is 11.0. The zero-order chi connectivity index (χ0) is 20.5. The number of pyridine rings is 1. The van der Waals surface area contributed by atoms with Gasteiger partial charge >= 0.3 is 0 Å². The summed E-state index contributed by atoms with van der Waals surface area (Å²) in [6.07, 6.45) is 4.26. The predicted molar refractivity (Wildman–Crippen MR) is 114 cm³/mol. The zero-order valence-electron chi connectivity index (χ0n) is 17.4. The van der Waals surface area contributed by atoms with Gasteiger partial charge in [-0.1, -0.05) is 6.07 Å². The molecule has 30 heavy (non-hydrogen) atoms. The van der Waals surface area contributed by atoms with Crippen molar-refractivity contribution in [2.75, 3.05) is 37.6 Å². The highest BCUT2D eigenvalue weighted by atomic mass is 19.1. The van der Waals surface area contributed by atoms with E-state index in [0.29, 0.717) is 31.1 Å². The van der Waals surface area contributed by atoms with Crippen molar-refractivity contribution in [3.63, 3.8) is 0 Å². The highest BCUT2D eigenvalue weighted by Crippen LogP contribution is 2.38. The van der Waals surface area contributed by atoms with Gasteiger partial charge in [0.05, 0.1) is 24.5 Å². The fourth-order valence-corrected chi connectivity index (χ4v) is 4.91. The quantitative estimate of drug-likeness (QED) is 0.592. The molecular weight excluding hydrogens is 383 g/mol. The molecule has 5 atom stereocenters. The number of nitrogens with zero attached hydrogens (tertiary/aromatic N) is 4. The van der Waals surface area contributed by atoms with Crippen LogP contribution in [0.5, 0.6) is 0 Å². The molecule has 0 bridgehead atoms. The van der Waals surface area contributed by atoms with Crippen molar-refractivity contribution < 1.29 is 4.39 Å². The molecule has 2 aromatic heterocycles. The molecule has 0 radical (unpaired) electrons. The highest BCUT2D eigenvalue weighted by molar-refractivity contribution is 5.40. The van der Waals surface area contributed by atoms with Crippen molar-refractivity contribution in [3.8, 4) is 0 Å². The van der Waals surface area contributed by atoms with E-state index in [4.69, 9.17) is 4.98 Å². The van der Waals surface area contributed by atoms with Gasteiger partial charge in [0.1, 0.15) is 12.0 Å². The van der Waals surface area contributed by atoms with Gasteiger partial charge in [-0.25, -0.2) is 14.8 Å². The minimum atomic E-state index is -0.872. The molecule has 3 aliphatic heterocycles. The van der Waals surface area contributed by atoms with Gasteiger partial charge in [-0.3, -0.25) is 10.1 Å². The molecule has 0 aromatic carbocycles. The lowest BCUT2D eigenvalue weighted by molar-refractivity contribution is 0.265. The average molecular weight is 415 g/mol. The largest absolute Gasteiger partial charge is 0.352 e. The number of aromatic nitrogens is 3. The highest BCUT2D eigenvalue weighted by Gasteiger charge is 2.42. The number of aryl methyl sites for hydroxylation is 1. The maximum atomic E-state index is 14.1.